The number of hydrogen-bond donors (Lipinski definition) is 2. The minimum Gasteiger partial charge on any atom is -0.480 e. The first-order valence-electron chi connectivity index (χ1n) is 8.53. The van der Waals surface area contributed by atoms with Crippen molar-refractivity contribution >= 4 is 11.9 Å². The van der Waals surface area contributed by atoms with Gasteiger partial charge in [-0.3, -0.25) is 4.79 Å². The van der Waals surface area contributed by atoms with Gasteiger partial charge in [0.2, 0.25) is 0 Å². The fourth-order valence-corrected chi connectivity index (χ4v) is 3.40. The van der Waals surface area contributed by atoms with Crippen molar-refractivity contribution in [1.82, 2.24) is 20.1 Å². The summed E-state index contributed by atoms with van der Waals surface area (Å²) in [5, 5.41) is 16.6. The van der Waals surface area contributed by atoms with Gasteiger partial charge in [0.05, 0.1) is 5.69 Å². The van der Waals surface area contributed by atoms with Gasteiger partial charge in [-0.2, -0.15) is 5.10 Å². The Morgan fingerprint density at radius 1 is 1.20 bits per heavy atom. The smallest absolute Gasteiger partial charge is 0.329 e. The number of carboxylic acids is 1. The topological polar surface area (TPSA) is 97.1 Å². The van der Waals surface area contributed by atoms with Gasteiger partial charge in [-0.15, -0.1) is 0 Å². The van der Waals surface area contributed by atoms with Gasteiger partial charge < -0.3 is 10.4 Å². The van der Waals surface area contributed by atoms with Crippen LogP contribution >= 0.6 is 0 Å². The van der Waals surface area contributed by atoms with E-state index >= 15 is 0 Å². The molecule has 0 saturated heterocycles. The average Bonchev–Trinajstić information content (AvgIpc) is 3.01. The molecule has 1 aromatic carbocycles. The van der Waals surface area contributed by atoms with Crippen molar-refractivity contribution < 1.29 is 14.7 Å². The van der Waals surface area contributed by atoms with E-state index in [0.717, 1.165) is 36.9 Å². The predicted molar refractivity (Wildman–Crippen MR) is 91.6 cm³/mol. The number of carboxylic acid groups (broad SMARTS) is 1. The van der Waals surface area contributed by atoms with E-state index in [0.29, 0.717) is 18.4 Å². The molecule has 0 aliphatic heterocycles. The van der Waals surface area contributed by atoms with Gasteiger partial charge >= 0.3 is 5.97 Å². The van der Waals surface area contributed by atoms with Crippen LogP contribution < -0.4 is 5.32 Å². The monoisotopic (exact) mass is 342 g/mol. The van der Waals surface area contributed by atoms with Crippen molar-refractivity contribution in [2.24, 2.45) is 0 Å². The van der Waals surface area contributed by atoms with Crippen molar-refractivity contribution in [3.63, 3.8) is 0 Å². The van der Waals surface area contributed by atoms with Crippen LogP contribution in [-0.4, -0.2) is 37.3 Å². The van der Waals surface area contributed by atoms with E-state index in [-0.39, 0.29) is 5.91 Å². The summed E-state index contributed by atoms with van der Waals surface area (Å²) in [5.74, 6) is -1.30. The van der Waals surface area contributed by atoms with E-state index in [2.05, 4.69) is 15.4 Å². The van der Waals surface area contributed by atoms with E-state index in [9.17, 15) is 14.7 Å². The van der Waals surface area contributed by atoms with Crippen LogP contribution in [0.15, 0.2) is 30.9 Å². The second-order valence-corrected chi connectivity index (χ2v) is 6.60. The second-order valence-electron chi connectivity index (χ2n) is 6.60. The molecule has 0 radical (unpaired) electrons. The van der Waals surface area contributed by atoms with E-state index in [1.807, 2.05) is 6.92 Å². The SMILES string of the molecule is Cc1cc(C(=O)NC2(C(=O)O)CCCCCC2)ccc1-n1cncn1. The van der Waals surface area contributed by atoms with Crippen LogP contribution in [0.25, 0.3) is 5.69 Å². The summed E-state index contributed by atoms with van der Waals surface area (Å²) in [4.78, 5) is 28.4. The first-order valence-corrected chi connectivity index (χ1v) is 8.53. The lowest BCUT2D eigenvalue weighted by Gasteiger charge is -2.29. The standard InChI is InChI=1S/C18H22N4O3/c1-13-10-14(6-7-15(13)22-12-19-11-20-22)16(23)21-18(17(24)25)8-4-2-3-5-9-18/h6-7,10-12H,2-5,8-9H2,1H3,(H,21,23)(H,24,25). The molecule has 0 bridgehead atoms. The molecular formula is C18H22N4O3. The molecule has 7 heteroatoms. The van der Waals surface area contributed by atoms with Gasteiger partial charge in [0.25, 0.3) is 5.91 Å². The third kappa shape index (κ3) is 3.55. The molecule has 25 heavy (non-hydrogen) atoms. The number of nitrogens with one attached hydrogen (secondary N) is 1. The van der Waals surface area contributed by atoms with Crippen LogP contribution in [-0.2, 0) is 4.79 Å². The van der Waals surface area contributed by atoms with Crippen LogP contribution in [0.5, 0.6) is 0 Å². The number of rotatable bonds is 4. The highest BCUT2D eigenvalue weighted by molar-refractivity contribution is 5.98. The summed E-state index contributed by atoms with van der Waals surface area (Å²) < 4.78 is 1.63. The number of benzene rings is 1. The van der Waals surface area contributed by atoms with Crippen molar-refractivity contribution in [2.75, 3.05) is 0 Å². The number of nitrogens with zero attached hydrogens (tertiary/aromatic N) is 3. The molecule has 3 rings (SSSR count). The molecule has 1 heterocycles. The lowest BCUT2D eigenvalue weighted by Crippen LogP contribution is -2.54. The predicted octanol–water partition coefficient (Wildman–Crippen LogP) is 2.48. The van der Waals surface area contributed by atoms with Gasteiger partial charge in [0.1, 0.15) is 18.2 Å². The van der Waals surface area contributed by atoms with Crippen LogP contribution in [0.2, 0.25) is 0 Å². The average molecular weight is 342 g/mol. The molecule has 1 aliphatic carbocycles. The number of amides is 1. The molecule has 0 atom stereocenters. The Labute approximate surface area is 146 Å². The summed E-state index contributed by atoms with van der Waals surface area (Å²) in [7, 11) is 0. The van der Waals surface area contributed by atoms with E-state index in [4.69, 9.17) is 0 Å². The highest BCUT2D eigenvalue weighted by Crippen LogP contribution is 2.28. The van der Waals surface area contributed by atoms with Crippen LogP contribution in [0.4, 0.5) is 0 Å². The molecule has 1 aliphatic rings. The van der Waals surface area contributed by atoms with Gasteiger partial charge in [-0.05, 0) is 43.5 Å². The number of aromatic nitrogens is 3. The summed E-state index contributed by atoms with van der Waals surface area (Å²) in [6.07, 6.45) is 7.64. The highest BCUT2D eigenvalue weighted by atomic mass is 16.4. The van der Waals surface area contributed by atoms with Gasteiger partial charge in [0, 0.05) is 5.56 Å². The first-order chi connectivity index (χ1) is 12.0. The van der Waals surface area contributed by atoms with Crippen LogP contribution in [0.1, 0.15) is 54.4 Å². The number of carbonyl (C=O) groups is 2. The van der Waals surface area contributed by atoms with Gasteiger partial charge in [-0.1, -0.05) is 25.7 Å². The molecule has 0 spiro atoms. The molecule has 1 saturated carbocycles. The molecule has 0 unspecified atom stereocenters. The molecule has 7 nitrogen and oxygen atoms in total. The fourth-order valence-electron chi connectivity index (χ4n) is 3.40. The van der Waals surface area contributed by atoms with Crippen molar-refractivity contribution in [3.05, 3.63) is 42.0 Å². The van der Waals surface area contributed by atoms with Gasteiger partial charge in [0.15, 0.2) is 0 Å². The summed E-state index contributed by atoms with van der Waals surface area (Å²) >= 11 is 0. The first kappa shape index (κ1) is 17.1. The Balaban J connectivity index is 1.82. The fraction of sp³-hybridized carbons (Fsp3) is 0.444. The van der Waals surface area contributed by atoms with E-state index in [1.165, 1.54) is 6.33 Å². The third-order valence-electron chi connectivity index (χ3n) is 4.84. The summed E-state index contributed by atoms with van der Waals surface area (Å²) in [6.45, 7) is 1.88. The largest absolute Gasteiger partial charge is 0.480 e. The minimum absolute atomic E-state index is 0.349. The van der Waals surface area contributed by atoms with Crippen molar-refractivity contribution in [3.8, 4) is 5.69 Å². The Morgan fingerprint density at radius 3 is 2.48 bits per heavy atom. The zero-order chi connectivity index (χ0) is 17.9. The Morgan fingerprint density at radius 2 is 1.92 bits per heavy atom. The number of aliphatic carboxylic acids is 1. The lowest BCUT2D eigenvalue weighted by atomic mass is 9.89. The normalized spacial score (nSPS) is 16.8. The maximum absolute atomic E-state index is 12.7. The highest BCUT2D eigenvalue weighted by Gasteiger charge is 2.40. The Bertz CT molecular complexity index is 763. The maximum Gasteiger partial charge on any atom is 0.329 e. The zero-order valence-electron chi connectivity index (χ0n) is 14.2. The van der Waals surface area contributed by atoms with E-state index < -0.39 is 11.5 Å². The van der Waals surface area contributed by atoms with Crippen molar-refractivity contribution in [1.29, 1.82) is 0 Å². The molecule has 1 aromatic heterocycles. The molecule has 132 valence electrons. The summed E-state index contributed by atoms with van der Waals surface area (Å²) in [5.41, 5.74) is 0.984. The maximum atomic E-state index is 12.7. The summed E-state index contributed by atoms with van der Waals surface area (Å²) in [6, 6.07) is 5.23. The zero-order valence-corrected chi connectivity index (χ0v) is 14.2. The van der Waals surface area contributed by atoms with Crippen LogP contribution in [0.3, 0.4) is 0 Å². The number of aryl methyl sites for hydroxylation is 1. The van der Waals surface area contributed by atoms with Crippen LogP contribution in [0, 0.1) is 6.92 Å². The quantitative estimate of drug-likeness (QED) is 0.832. The number of carbonyl (C=O) groups excluding carboxylic acids is 1. The third-order valence-corrected chi connectivity index (χ3v) is 4.84. The molecule has 1 fully saturated rings. The van der Waals surface area contributed by atoms with Crippen molar-refractivity contribution in [2.45, 2.75) is 51.0 Å². The van der Waals surface area contributed by atoms with Gasteiger partial charge in [-0.25, -0.2) is 14.5 Å². The van der Waals surface area contributed by atoms with E-state index in [1.54, 1.807) is 29.2 Å². The molecule has 1 amide bonds. The minimum atomic E-state index is -1.16. The molecule has 2 aromatic rings. The molecular weight excluding hydrogens is 320 g/mol. The second kappa shape index (κ2) is 7.04. The Hall–Kier alpha value is -2.70. The number of hydrogen-bond acceptors (Lipinski definition) is 4. The lowest BCUT2D eigenvalue weighted by molar-refractivity contribution is -0.145. The Kier molecular flexibility index (Phi) is 4.83. The molecule has 2 N–H and O–H groups in total.